The Bertz CT molecular complexity index is 755. The number of nitrogens with two attached hydrogens (primary N) is 1. The summed E-state index contributed by atoms with van der Waals surface area (Å²) in [4.78, 5) is 8.36. The smallest absolute Gasteiger partial charge is 0.406 e. The number of nitrogens with one attached hydrogen (secondary N) is 1. The summed E-state index contributed by atoms with van der Waals surface area (Å²) in [5.41, 5.74) is 6.19. The number of alkyl halides is 3. The Balaban J connectivity index is 0.00000364. The van der Waals surface area contributed by atoms with Crippen LogP contribution >= 0.6 is 24.0 Å². The zero-order valence-corrected chi connectivity index (χ0v) is 17.3. The Morgan fingerprint density at radius 1 is 1.22 bits per heavy atom. The molecule has 0 bridgehead atoms. The van der Waals surface area contributed by atoms with E-state index in [1.54, 1.807) is 0 Å². The Kier molecular flexibility index (Phi) is 7.87. The molecular weight excluding hydrogens is 478 g/mol. The fourth-order valence-corrected chi connectivity index (χ4v) is 1.83. The average molecular weight is 499 g/mol. The number of aromatic nitrogens is 2. The molecule has 0 fully saturated rings. The highest BCUT2D eigenvalue weighted by molar-refractivity contribution is 14.0. The van der Waals surface area contributed by atoms with Crippen molar-refractivity contribution in [1.29, 1.82) is 0 Å². The first kappa shape index (κ1) is 23.0. The molecule has 3 N–H and O–H groups in total. The van der Waals surface area contributed by atoms with Crippen LogP contribution in [-0.4, -0.2) is 22.5 Å². The first-order valence-electron chi connectivity index (χ1n) is 7.74. The summed E-state index contributed by atoms with van der Waals surface area (Å²) >= 11 is 0. The molecule has 150 valence electrons. The number of hydrogen-bond donors (Lipinski definition) is 2. The minimum absolute atomic E-state index is 0. The van der Waals surface area contributed by atoms with Crippen molar-refractivity contribution in [3.8, 4) is 5.75 Å². The number of rotatable bonds is 5. The third-order valence-corrected chi connectivity index (χ3v) is 3.13. The predicted molar refractivity (Wildman–Crippen MR) is 104 cm³/mol. The van der Waals surface area contributed by atoms with Crippen LogP contribution in [0.3, 0.4) is 0 Å². The highest BCUT2D eigenvalue weighted by atomic mass is 127. The van der Waals surface area contributed by atoms with Gasteiger partial charge < -0.3 is 20.3 Å². The van der Waals surface area contributed by atoms with E-state index in [2.05, 4.69) is 25.2 Å². The summed E-state index contributed by atoms with van der Waals surface area (Å²) in [5.74, 6) is 0.832. The maximum Gasteiger partial charge on any atom is 0.573 e. The maximum absolute atomic E-state index is 12.1. The Morgan fingerprint density at radius 3 is 2.37 bits per heavy atom. The van der Waals surface area contributed by atoms with E-state index in [0.29, 0.717) is 17.3 Å². The highest BCUT2D eigenvalue weighted by Crippen LogP contribution is 2.23. The number of hydrogen-bond acceptors (Lipinski definition) is 5. The summed E-state index contributed by atoms with van der Waals surface area (Å²) < 4.78 is 45.3. The van der Waals surface area contributed by atoms with E-state index >= 15 is 0 Å². The van der Waals surface area contributed by atoms with Crippen molar-refractivity contribution >= 4 is 29.9 Å². The van der Waals surface area contributed by atoms with Gasteiger partial charge in [0.15, 0.2) is 11.8 Å². The van der Waals surface area contributed by atoms with Crippen molar-refractivity contribution in [3.05, 3.63) is 41.5 Å². The molecule has 0 amide bonds. The minimum atomic E-state index is -4.71. The van der Waals surface area contributed by atoms with Crippen LogP contribution in [0.25, 0.3) is 0 Å². The summed E-state index contributed by atoms with van der Waals surface area (Å²) in [5, 5.41) is 6.69. The lowest BCUT2D eigenvalue weighted by Crippen LogP contribution is -2.31. The average Bonchev–Trinajstić information content (AvgIpc) is 3.00. The molecule has 0 saturated heterocycles. The van der Waals surface area contributed by atoms with Crippen molar-refractivity contribution in [2.45, 2.75) is 45.6 Å². The minimum Gasteiger partial charge on any atom is -0.406 e. The van der Waals surface area contributed by atoms with Crippen molar-refractivity contribution in [2.75, 3.05) is 0 Å². The first-order valence-corrected chi connectivity index (χ1v) is 7.74. The van der Waals surface area contributed by atoms with Crippen LogP contribution < -0.4 is 15.8 Å². The monoisotopic (exact) mass is 499 g/mol. The van der Waals surface area contributed by atoms with Crippen LogP contribution in [0.4, 0.5) is 13.2 Å². The fraction of sp³-hybridized carbons (Fsp3) is 0.438. The molecule has 0 radical (unpaired) electrons. The van der Waals surface area contributed by atoms with Gasteiger partial charge in [0, 0.05) is 5.41 Å². The zero-order valence-electron chi connectivity index (χ0n) is 15.0. The molecule has 1 aromatic carbocycles. The Morgan fingerprint density at radius 2 is 1.85 bits per heavy atom. The largest absolute Gasteiger partial charge is 0.573 e. The molecule has 0 aliphatic carbocycles. The van der Waals surface area contributed by atoms with Crippen LogP contribution in [0, 0.1) is 0 Å². The first-order chi connectivity index (χ1) is 12.0. The van der Waals surface area contributed by atoms with Gasteiger partial charge in [-0.1, -0.05) is 38.1 Å². The molecule has 2 rings (SSSR count). The van der Waals surface area contributed by atoms with Crippen LogP contribution in [0.2, 0.25) is 0 Å². The lowest BCUT2D eigenvalue weighted by Gasteiger charge is -2.10. The van der Waals surface area contributed by atoms with Crippen LogP contribution in [0.15, 0.2) is 33.8 Å². The standard InChI is InChI=1S/C16H20F3N5O2.HI/c1-15(2,3)13-23-12(24-26-13)9-22-14(20)21-8-10-4-6-11(7-5-10)25-16(17,18)19;/h4-7H,8-9H2,1-3H3,(H3,20,21,22);1H. The molecule has 2 aromatic rings. The Labute approximate surface area is 171 Å². The summed E-state index contributed by atoms with van der Waals surface area (Å²) in [6, 6.07) is 5.39. The van der Waals surface area contributed by atoms with Crippen molar-refractivity contribution in [3.63, 3.8) is 0 Å². The molecule has 0 unspecified atom stereocenters. The molecule has 1 heterocycles. The fourth-order valence-electron chi connectivity index (χ4n) is 1.83. The van der Waals surface area contributed by atoms with E-state index in [1.807, 2.05) is 20.8 Å². The third kappa shape index (κ3) is 8.01. The molecule has 11 heteroatoms. The van der Waals surface area contributed by atoms with Gasteiger partial charge in [-0.05, 0) is 17.7 Å². The van der Waals surface area contributed by atoms with Crippen molar-refractivity contribution in [2.24, 2.45) is 10.7 Å². The van der Waals surface area contributed by atoms with Gasteiger partial charge in [0.05, 0.1) is 13.1 Å². The molecule has 0 aliphatic rings. The second kappa shape index (κ2) is 9.24. The predicted octanol–water partition coefficient (Wildman–Crippen LogP) is 3.49. The molecule has 7 nitrogen and oxygen atoms in total. The highest BCUT2D eigenvalue weighted by Gasteiger charge is 2.30. The second-order valence-corrected chi connectivity index (χ2v) is 6.51. The zero-order chi connectivity index (χ0) is 19.4. The van der Waals surface area contributed by atoms with Gasteiger partial charge in [0.25, 0.3) is 0 Å². The number of nitrogens with zero attached hydrogens (tertiary/aromatic N) is 3. The van der Waals surface area contributed by atoms with Gasteiger partial charge in [-0.15, -0.1) is 37.1 Å². The molecule has 0 spiro atoms. The number of benzene rings is 1. The van der Waals surface area contributed by atoms with Gasteiger partial charge in [-0.3, -0.25) is 0 Å². The lowest BCUT2D eigenvalue weighted by molar-refractivity contribution is -0.274. The third-order valence-electron chi connectivity index (χ3n) is 3.13. The number of halogens is 4. The summed E-state index contributed by atoms with van der Waals surface area (Å²) in [6.07, 6.45) is -4.71. The van der Waals surface area contributed by atoms with Gasteiger partial charge in [0.2, 0.25) is 5.89 Å². The van der Waals surface area contributed by atoms with Crippen LogP contribution in [0.5, 0.6) is 5.75 Å². The normalized spacial score (nSPS) is 12.4. The van der Waals surface area contributed by atoms with E-state index in [1.165, 1.54) is 24.3 Å². The SMILES string of the molecule is CC(C)(C)c1nc(CNC(N)=NCc2ccc(OC(F)(F)F)cc2)no1.I. The van der Waals surface area contributed by atoms with Gasteiger partial charge in [-0.25, -0.2) is 4.99 Å². The van der Waals surface area contributed by atoms with Gasteiger partial charge in [0.1, 0.15) is 5.75 Å². The van der Waals surface area contributed by atoms with Crippen molar-refractivity contribution < 1.29 is 22.4 Å². The summed E-state index contributed by atoms with van der Waals surface area (Å²) in [7, 11) is 0. The number of aliphatic imine (C=N–C) groups is 1. The number of ether oxygens (including phenoxy) is 1. The molecule has 0 aliphatic heterocycles. The van der Waals surface area contributed by atoms with E-state index in [0.717, 1.165) is 0 Å². The van der Waals surface area contributed by atoms with E-state index in [4.69, 9.17) is 10.3 Å². The second-order valence-electron chi connectivity index (χ2n) is 6.51. The van der Waals surface area contributed by atoms with E-state index in [9.17, 15) is 13.2 Å². The molecular formula is C16H21F3IN5O2. The quantitative estimate of drug-likeness (QED) is 0.372. The maximum atomic E-state index is 12.1. The molecule has 1 aromatic heterocycles. The molecule has 27 heavy (non-hydrogen) atoms. The van der Waals surface area contributed by atoms with E-state index < -0.39 is 6.36 Å². The van der Waals surface area contributed by atoms with Gasteiger partial charge >= 0.3 is 6.36 Å². The van der Waals surface area contributed by atoms with E-state index in [-0.39, 0.29) is 54.2 Å². The molecule has 0 saturated carbocycles. The Hall–Kier alpha value is -2.05. The van der Waals surface area contributed by atoms with Crippen LogP contribution in [-0.2, 0) is 18.5 Å². The van der Waals surface area contributed by atoms with Gasteiger partial charge in [-0.2, -0.15) is 4.98 Å². The number of guanidine groups is 1. The lowest BCUT2D eigenvalue weighted by atomic mass is 9.97. The van der Waals surface area contributed by atoms with Crippen LogP contribution in [0.1, 0.15) is 38.0 Å². The topological polar surface area (TPSA) is 98.6 Å². The summed E-state index contributed by atoms with van der Waals surface area (Å²) in [6.45, 7) is 6.31. The van der Waals surface area contributed by atoms with Crippen molar-refractivity contribution in [1.82, 2.24) is 15.5 Å². The molecule has 0 atom stereocenters.